The number of fused-ring (bicyclic) bond motifs is 3. The third-order valence-corrected chi connectivity index (χ3v) is 6.13. The molecule has 8 heteroatoms. The van der Waals surface area contributed by atoms with Gasteiger partial charge < -0.3 is 20.5 Å². The number of carbonyl (C=O) groups is 1. The van der Waals surface area contributed by atoms with Crippen LogP contribution in [0.3, 0.4) is 0 Å². The number of imidazole rings is 1. The van der Waals surface area contributed by atoms with Gasteiger partial charge in [-0.05, 0) is 50.3 Å². The molecular formula is C24H29FN4O3. The quantitative estimate of drug-likeness (QED) is 0.633. The summed E-state index contributed by atoms with van der Waals surface area (Å²) in [6.45, 7) is 7.45. The summed E-state index contributed by atoms with van der Waals surface area (Å²) >= 11 is 0. The SMILES string of the molecule is CC1CCn2c(nc(C(N)=O)c2CN2CCC(O)C2)-c2cc(C#CC(C)(C)O)c(F)cc21. The first-order valence-electron chi connectivity index (χ1n) is 10.9. The maximum Gasteiger partial charge on any atom is 0.269 e. The minimum atomic E-state index is -1.25. The van der Waals surface area contributed by atoms with Gasteiger partial charge in [0.2, 0.25) is 0 Å². The van der Waals surface area contributed by atoms with Crippen LogP contribution in [-0.4, -0.2) is 55.4 Å². The second-order valence-corrected chi connectivity index (χ2v) is 9.34. The summed E-state index contributed by atoms with van der Waals surface area (Å²) in [5.41, 5.74) is 7.03. The van der Waals surface area contributed by atoms with Gasteiger partial charge in [-0.25, -0.2) is 9.37 Å². The normalized spacial score (nSPS) is 20.8. The van der Waals surface area contributed by atoms with E-state index < -0.39 is 17.3 Å². The van der Waals surface area contributed by atoms with Crippen molar-refractivity contribution in [1.29, 1.82) is 0 Å². The topological polar surface area (TPSA) is 105 Å². The van der Waals surface area contributed by atoms with Crippen LogP contribution in [0, 0.1) is 17.7 Å². The number of hydrogen-bond acceptors (Lipinski definition) is 5. The number of aliphatic hydroxyl groups is 2. The molecule has 1 aromatic heterocycles. The molecule has 1 fully saturated rings. The van der Waals surface area contributed by atoms with Crippen molar-refractivity contribution >= 4 is 5.91 Å². The number of primary amides is 1. The number of halogens is 1. The summed E-state index contributed by atoms with van der Waals surface area (Å²) in [4.78, 5) is 18.9. The highest BCUT2D eigenvalue weighted by atomic mass is 19.1. The van der Waals surface area contributed by atoms with Crippen molar-refractivity contribution in [3.63, 3.8) is 0 Å². The van der Waals surface area contributed by atoms with Crippen LogP contribution < -0.4 is 5.73 Å². The van der Waals surface area contributed by atoms with E-state index in [-0.39, 0.29) is 23.3 Å². The van der Waals surface area contributed by atoms with Crippen LogP contribution in [0.15, 0.2) is 12.1 Å². The molecule has 2 aliphatic heterocycles. The summed E-state index contributed by atoms with van der Waals surface area (Å²) in [7, 11) is 0. The Morgan fingerprint density at radius 1 is 1.34 bits per heavy atom. The molecule has 1 aromatic carbocycles. The molecule has 2 aromatic rings. The number of hydrogen-bond donors (Lipinski definition) is 3. The Morgan fingerprint density at radius 2 is 2.09 bits per heavy atom. The lowest BCUT2D eigenvalue weighted by atomic mass is 9.92. The largest absolute Gasteiger partial charge is 0.392 e. The summed E-state index contributed by atoms with van der Waals surface area (Å²) in [5.74, 6) is 4.98. The van der Waals surface area contributed by atoms with E-state index in [1.54, 1.807) is 6.07 Å². The molecule has 170 valence electrons. The van der Waals surface area contributed by atoms with E-state index in [2.05, 4.69) is 21.7 Å². The monoisotopic (exact) mass is 440 g/mol. The molecule has 0 radical (unpaired) electrons. The number of likely N-dealkylation sites (tertiary alicyclic amines) is 1. The van der Waals surface area contributed by atoms with E-state index in [1.807, 2.05) is 11.5 Å². The molecular weight excluding hydrogens is 411 g/mol. The lowest BCUT2D eigenvalue weighted by Crippen LogP contribution is -2.25. The standard InChI is InChI=1S/C24H29FN4O3/c1-14-5-9-29-20(13-28-8-6-16(30)12-28)21(22(26)31)27-23(29)18-10-15(4-7-24(2,3)32)19(25)11-17(14)18/h10-11,14,16,30,32H,5-6,8-9,12-13H2,1-3H3,(H2,26,31). The molecule has 2 atom stereocenters. The first-order chi connectivity index (χ1) is 15.0. The van der Waals surface area contributed by atoms with Gasteiger partial charge in [0, 0.05) is 31.7 Å². The molecule has 0 aliphatic carbocycles. The van der Waals surface area contributed by atoms with Gasteiger partial charge in [-0.2, -0.15) is 0 Å². The van der Waals surface area contributed by atoms with Gasteiger partial charge in [0.05, 0.1) is 17.4 Å². The van der Waals surface area contributed by atoms with Crippen LogP contribution >= 0.6 is 0 Å². The maximum atomic E-state index is 14.8. The molecule has 3 heterocycles. The fourth-order valence-electron chi connectivity index (χ4n) is 4.44. The van der Waals surface area contributed by atoms with E-state index in [0.717, 1.165) is 24.2 Å². The number of rotatable bonds is 3. The molecule has 1 amide bonds. The van der Waals surface area contributed by atoms with Crippen molar-refractivity contribution in [1.82, 2.24) is 14.5 Å². The number of aromatic nitrogens is 2. The molecule has 2 unspecified atom stereocenters. The minimum Gasteiger partial charge on any atom is -0.392 e. The zero-order valence-corrected chi connectivity index (χ0v) is 18.7. The molecule has 0 spiro atoms. The Bertz CT molecular complexity index is 1120. The Labute approximate surface area is 187 Å². The van der Waals surface area contributed by atoms with E-state index in [0.29, 0.717) is 37.4 Å². The molecule has 1 saturated heterocycles. The van der Waals surface area contributed by atoms with E-state index in [4.69, 9.17) is 5.73 Å². The molecule has 32 heavy (non-hydrogen) atoms. The fourth-order valence-corrected chi connectivity index (χ4v) is 4.44. The summed E-state index contributed by atoms with van der Waals surface area (Å²) in [5, 5.41) is 19.8. The van der Waals surface area contributed by atoms with Gasteiger partial charge in [0.1, 0.15) is 17.2 Å². The summed E-state index contributed by atoms with van der Waals surface area (Å²) in [6.07, 6.45) is 1.06. The van der Waals surface area contributed by atoms with Crippen molar-refractivity contribution in [3.8, 4) is 23.2 Å². The molecule has 0 bridgehead atoms. The zero-order chi connectivity index (χ0) is 23.2. The Morgan fingerprint density at radius 3 is 2.72 bits per heavy atom. The van der Waals surface area contributed by atoms with Crippen LogP contribution in [0.2, 0.25) is 0 Å². The first-order valence-corrected chi connectivity index (χ1v) is 10.9. The van der Waals surface area contributed by atoms with Crippen LogP contribution in [0.5, 0.6) is 0 Å². The highest BCUT2D eigenvalue weighted by molar-refractivity contribution is 5.93. The average Bonchev–Trinajstić information content (AvgIpc) is 3.24. The van der Waals surface area contributed by atoms with E-state index in [1.165, 1.54) is 19.9 Å². The molecule has 4 N–H and O–H groups in total. The number of carbonyl (C=O) groups excluding carboxylic acids is 1. The van der Waals surface area contributed by atoms with E-state index in [9.17, 15) is 19.4 Å². The lowest BCUT2D eigenvalue weighted by Gasteiger charge is -2.18. The number of nitrogens with zero attached hydrogens (tertiary/aromatic N) is 3. The van der Waals surface area contributed by atoms with Crippen molar-refractivity contribution in [3.05, 3.63) is 40.5 Å². The highest BCUT2D eigenvalue weighted by Crippen LogP contribution is 2.38. The van der Waals surface area contributed by atoms with Crippen LogP contribution in [-0.2, 0) is 13.1 Å². The number of β-amino-alcohol motifs (C(OH)–C–C–N with tert-alkyl or cyclic N) is 1. The van der Waals surface area contributed by atoms with Gasteiger partial charge in [-0.3, -0.25) is 9.69 Å². The molecule has 0 saturated carbocycles. The van der Waals surface area contributed by atoms with Crippen molar-refractivity contribution in [2.24, 2.45) is 5.73 Å². The predicted octanol–water partition coefficient (Wildman–Crippen LogP) is 1.98. The molecule has 2 aliphatic rings. The van der Waals surface area contributed by atoms with E-state index >= 15 is 0 Å². The Balaban J connectivity index is 1.86. The van der Waals surface area contributed by atoms with Gasteiger partial charge >= 0.3 is 0 Å². The van der Waals surface area contributed by atoms with Gasteiger partial charge in [0.25, 0.3) is 5.91 Å². The van der Waals surface area contributed by atoms with Crippen molar-refractivity contribution in [2.75, 3.05) is 13.1 Å². The predicted molar refractivity (Wildman–Crippen MR) is 118 cm³/mol. The maximum absolute atomic E-state index is 14.8. The molecule has 7 nitrogen and oxygen atoms in total. The smallest absolute Gasteiger partial charge is 0.269 e. The Hall–Kier alpha value is -2.73. The number of benzene rings is 1. The molecule has 4 rings (SSSR count). The van der Waals surface area contributed by atoms with Gasteiger partial charge in [0.15, 0.2) is 5.69 Å². The fraction of sp³-hybridized carbons (Fsp3) is 0.500. The first kappa shape index (κ1) is 22.5. The lowest BCUT2D eigenvalue weighted by molar-refractivity contribution is 0.0993. The number of aliphatic hydroxyl groups excluding tert-OH is 1. The second-order valence-electron chi connectivity index (χ2n) is 9.34. The van der Waals surface area contributed by atoms with Crippen LogP contribution in [0.25, 0.3) is 11.4 Å². The van der Waals surface area contributed by atoms with Gasteiger partial charge in [-0.1, -0.05) is 18.8 Å². The highest BCUT2D eigenvalue weighted by Gasteiger charge is 2.30. The van der Waals surface area contributed by atoms with Crippen LogP contribution in [0.4, 0.5) is 4.39 Å². The zero-order valence-electron chi connectivity index (χ0n) is 18.7. The third kappa shape index (κ3) is 4.42. The van der Waals surface area contributed by atoms with Crippen molar-refractivity contribution in [2.45, 2.75) is 64.3 Å². The van der Waals surface area contributed by atoms with Crippen LogP contribution in [0.1, 0.15) is 66.8 Å². The third-order valence-electron chi connectivity index (χ3n) is 6.13. The summed E-state index contributed by atoms with van der Waals surface area (Å²) in [6, 6.07) is 3.14. The Kier molecular flexibility index (Phi) is 5.84. The number of amides is 1. The summed E-state index contributed by atoms with van der Waals surface area (Å²) < 4.78 is 16.8. The van der Waals surface area contributed by atoms with Gasteiger partial charge in [-0.15, -0.1) is 0 Å². The average molecular weight is 441 g/mol. The number of nitrogens with two attached hydrogens (primary N) is 1. The minimum absolute atomic E-state index is 0.0796. The second kappa shape index (κ2) is 8.32. The van der Waals surface area contributed by atoms with Crippen molar-refractivity contribution < 1.29 is 19.4 Å².